The van der Waals surface area contributed by atoms with Crippen LogP contribution in [-0.4, -0.2) is 32.2 Å². The van der Waals surface area contributed by atoms with Crippen molar-refractivity contribution in [3.63, 3.8) is 0 Å². The normalized spacial score (nSPS) is 11.7. The van der Waals surface area contributed by atoms with Gasteiger partial charge in [0.05, 0.1) is 36.6 Å². The van der Waals surface area contributed by atoms with Gasteiger partial charge in [-0.1, -0.05) is 0 Å². The Morgan fingerprint density at radius 2 is 1.79 bits per heavy atom. The van der Waals surface area contributed by atoms with Crippen LogP contribution in [0.2, 0.25) is 0 Å². The summed E-state index contributed by atoms with van der Waals surface area (Å²) in [7, 11) is -0.654. The molecule has 0 atom stereocenters. The van der Waals surface area contributed by atoms with Gasteiger partial charge < -0.3 is 14.0 Å². The van der Waals surface area contributed by atoms with Gasteiger partial charge in [-0.05, 0) is 36.4 Å². The minimum absolute atomic E-state index is 0.402. The average molecular weight is 398 g/mol. The standard InChI is InChI=1S/C19H18N4O4S/c1-26-18-10-14-15(11-19(18)27-2)21-7-5-17(14)23-8-6-12-9-13(3-4-16(12)23)22-28(20,24)25/h3-11,22H,1-2H3,(H2,20,24,25). The van der Waals surface area contributed by atoms with Crippen LogP contribution in [0, 0.1) is 0 Å². The van der Waals surface area contributed by atoms with Crippen molar-refractivity contribution < 1.29 is 17.9 Å². The predicted octanol–water partition coefficient (Wildman–Crippen LogP) is 2.81. The van der Waals surface area contributed by atoms with E-state index in [-0.39, 0.29) is 0 Å². The molecule has 0 fully saturated rings. The lowest BCUT2D eigenvalue weighted by atomic mass is 10.1. The lowest BCUT2D eigenvalue weighted by Gasteiger charge is -2.13. The molecule has 28 heavy (non-hydrogen) atoms. The monoisotopic (exact) mass is 398 g/mol. The van der Waals surface area contributed by atoms with Crippen molar-refractivity contribution in [2.75, 3.05) is 18.9 Å². The molecule has 9 heteroatoms. The molecule has 0 aliphatic rings. The van der Waals surface area contributed by atoms with Crippen molar-refractivity contribution in [1.29, 1.82) is 0 Å². The van der Waals surface area contributed by atoms with Crippen LogP contribution in [0.4, 0.5) is 5.69 Å². The highest BCUT2D eigenvalue weighted by Gasteiger charge is 2.13. The van der Waals surface area contributed by atoms with Crippen LogP contribution in [-0.2, 0) is 10.2 Å². The molecule has 0 aliphatic carbocycles. The van der Waals surface area contributed by atoms with Gasteiger partial charge >= 0.3 is 0 Å². The zero-order valence-corrected chi connectivity index (χ0v) is 16.0. The van der Waals surface area contributed by atoms with E-state index in [1.165, 1.54) is 0 Å². The summed E-state index contributed by atoms with van der Waals surface area (Å²) in [5.41, 5.74) is 2.98. The molecule has 0 saturated heterocycles. The van der Waals surface area contributed by atoms with E-state index in [4.69, 9.17) is 14.6 Å². The Balaban J connectivity index is 1.89. The minimum Gasteiger partial charge on any atom is -0.493 e. The van der Waals surface area contributed by atoms with Crippen LogP contribution in [0.3, 0.4) is 0 Å². The molecule has 0 saturated carbocycles. The van der Waals surface area contributed by atoms with Crippen molar-refractivity contribution in [1.82, 2.24) is 9.55 Å². The highest BCUT2D eigenvalue weighted by atomic mass is 32.2. The maximum absolute atomic E-state index is 11.3. The fourth-order valence-electron chi connectivity index (χ4n) is 3.25. The van der Waals surface area contributed by atoms with E-state index < -0.39 is 10.2 Å². The quantitative estimate of drug-likeness (QED) is 0.537. The average Bonchev–Trinajstić information content (AvgIpc) is 3.08. The maximum atomic E-state index is 11.3. The molecular formula is C19H18N4O4S. The van der Waals surface area contributed by atoms with Crippen LogP contribution in [0.15, 0.2) is 54.9 Å². The molecule has 2 heterocycles. The molecule has 4 aromatic rings. The topological polar surface area (TPSA) is 108 Å². The third-order valence-corrected chi connectivity index (χ3v) is 4.95. The number of nitrogens with zero attached hydrogens (tertiary/aromatic N) is 2. The van der Waals surface area contributed by atoms with Crippen molar-refractivity contribution >= 4 is 37.7 Å². The number of benzene rings is 2. The van der Waals surface area contributed by atoms with E-state index in [0.717, 1.165) is 27.5 Å². The summed E-state index contributed by atoms with van der Waals surface area (Å²) in [6.07, 6.45) is 3.64. The number of methoxy groups -OCH3 is 2. The molecule has 3 N–H and O–H groups in total. The Kier molecular flexibility index (Phi) is 4.33. The number of ether oxygens (including phenoxy) is 2. The molecule has 144 valence electrons. The molecule has 0 spiro atoms. The lowest BCUT2D eigenvalue weighted by molar-refractivity contribution is 0.356. The molecule has 2 aromatic heterocycles. The van der Waals surface area contributed by atoms with Crippen LogP contribution in [0.25, 0.3) is 27.5 Å². The third-order valence-electron chi connectivity index (χ3n) is 4.43. The molecule has 2 aromatic carbocycles. The van der Waals surface area contributed by atoms with Gasteiger partial charge in [-0.2, -0.15) is 8.42 Å². The SMILES string of the molecule is COc1cc2nccc(-n3ccc4cc(NS(N)(=O)=O)ccc43)c2cc1OC. The second-order valence-electron chi connectivity index (χ2n) is 6.16. The Hall–Kier alpha value is -3.30. The minimum atomic E-state index is -3.83. The van der Waals surface area contributed by atoms with Crippen LogP contribution in [0.1, 0.15) is 0 Å². The Morgan fingerprint density at radius 3 is 2.50 bits per heavy atom. The second-order valence-corrected chi connectivity index (χ2v) is 7.45. The fraction of sp³-hybridized carbons (Fsp3) is 0.105. The van der Waals surface area contributed by atoms with E-state index in [0.29, 0.717) is 17.2 Å². The summed E-state index contributed by atoms with van der Waals surface area (Å²) in [5.74, 6) is 1.22. The van der Waals surface area contributed by atoms with Gasteiger partial charge in [0.2, 0.25) is 0 Å². The highest BCUT2D eigenvalue weighted by Crippen LogP contribution is 2.35. The summed E-state index contributed by atoms with van der Waals surface area (Å²) in [6, 6.07) is 12.7. The van der Waals surface area contributed by atoms with Gasteiger partial charge in [0.25, 0.3) is 10.2 Å². The Bertz CT molecular complexity index is 1300. The maximum Gasteiger partial charge on any atom is 0.296 e. The molecule has 0 unspecified atom stereocenters. The van der Waals surface area contributed by atoms with Crippen molar-refractivity contribution in [3.8, 4) is 17.2 Å². The second kappa shape index (κ2) is 6.70. The molecule has 4 rings (SSSR count). The Labute approximate surface area is 161 Å². The number of aromatic nitrogens is 2. The van der Waals surface area contributed by atoms with E-state index in [1.54, 1.807) is 32.5 Å². The van der Waals surface area contributed by atoms with E-state index in [2.05, 4.69) is 9.71 Å². The molecule has 0 amide bonds. The van der Waals surface area contributed by atoms with Crippen molar-refractivity contribution in [2.45, 2.75) is 0 Å². The Morgan fingerprint density at radius 1 is 1.04 bits per heavy atom. The molecule has 0 aliphatic heterocycles. The van der Waals surface area contributed by atoms with Gasteiger partial charge in [0.1, 0.15) is 0 Å². The first-order valence-corrected chi connectivity index (χ1v) is 9.87. The number of pyridine rings is 1. The van der Waals surface area contributed by atoms with Gasteiger partial charge in [-0.3, -0.25) is 9.71 Å². The summed E-state index contributed by atoms with van der Waals surface area (Å²) < 4.78 is 37.6. The van der Waals surface area contributed by atoms with Crippen molar-refractivity contribution in [3.05, 3.63) is 54.9 Å². The van der Waals surface area contributed by atoms with Crippen LogP contribution < -0.4 is 19.3 Å². The van der Waals surface area contributed by atoms with Crippen LogP contribution >= 0.6 is 0 Å². The first-order valence-electron chi connectivity index (χ1n) is 8.32. The van der Waals surface area contributed by atoms with Crippen LogP contribution in [0.5, 0.6) is 11.5 Å². The summed E-state index contributed by atoms with van der Waals surface area (Å²) >= 11 is 0. The third kappa shape index (κ3) is 3.21. The number of fused-ring (bicyclic) bond motifs is 2. The zero-order valence-electron chi connectivity index (χ0n) is 15.2. The first kappa shape index (κ1) is 18.1. The number of anilines is 1. The van der Waals surface area contributed by atoms with E-state index in [1.807, 2.05) is 41.1 Å². The largest absolute Gasteiger partial charge is 0.493 e. The number of nitrogens with two attached hydrogens (primary N) is 1. The lowest BCUT2D eigenvalue weighted by Crippen LogP contribution is -2.21. The van der Waals surface area contributed by atoms with Gasteiger partial charge in [-0.15, -0.1) is 0 Å². The molecule has 8 nitrogen and oxygen atoms in total. The van der Waals surface area contributed by atoms with E-state index >= 15 is 0 Å². The summed E-state index contributed by atoms with van der Waals surface area (Å²) in [6.45, 7) is 0. The number of rotatable bonds is 5. The predicted molar refractivity (Wildman–Crippen MR) is 108 cm³/mol. The first-order chi connectivity index (χ1) is 13.4. The number of hydrogen-bond donors (Lipinski definition) is 2. The fourth-order valence-corrected chi connectivity index (χ4v) is 3.70. The molecular weight excluding hydrogens is 380 g/mol. The highest BCUT2D eigenvalue weighted by molar-refractivity contribution is 7.90. The number of hydrogen-bond acceptors (Lipinski definition) is 5. The van der Waals surface area contributed by atoms with Gasteiger partial charge in [0, 0.05) is 29.2 Å². The van der Waals surface area contributed by atoms with Gasteiger partial charge in [-0.25, -0.2) is 5.14 Å². The van der Waals surface area contributed by atoms with E-state index in [9.17, 15) is 8.42 Å². The van der Waals surface area contributed by atoms with Gasteiger partial charge in [0.15, 0.2) is 11.5 Å². The molecule has 0 bridgehead atoms. The molecule has 0 radical (unpaired) electrons. The number of nitrogens with one attached hydrogen (secondary N) is 1. The summed E-state index contributed by atoms with van der Waals surface area (Å²) in [5, 5.41) is 6.80. The summed E-state index contributed by atoms with van der Waals surface area (Å²) in [4.78, 5) is 4.43. The zero-order chi connectivity index (χ0) is 19.9. The van der Waals surface area contributed by atoms with Crippen molar-refractivity contribution in [2.24, 2.45) is 5.14 Å². The smallest absolute Gasteiger partial charge is 0.296 e.